The van der Waals surface area contributed by atoms with Gasteiger partial charge in [0.15, 0.2) is 5.78 Å². The van der Waals surface area contributed by atoms with Crippen molar-refractivity contribution in [1.29, 1.82) is 0 Å². The average Bonchev–Trinajstić information content (AvgIpc) is 2.34. The Balaban J connectivity index is 2.07. The maximum Gasteiger partial charge on any atom is 0.159 e. The van der Waals surface area contributed by atoms with Crippen molar-refractivity contribution in [2.45, 2.75) is 40.2 Å². The number of phenolic OH excluding ortho intramolecular Hbond substituents is 1. The lowest BCUT2D eigenvalue weighted by Gasteiger charge is -2.37. The largest absolute Gasteiger partial charge is 0.508 e. The molecule has 0 bridgehead atoms. The zero-order valence-electron chi connectivity index (χ0n) is 12.1. The second-order valence-corrected chi connectivity index (χ2v) is 6.34. The number of ketones is 1. The molecule has 0 aliphatic carbocycles. The molecule has 0 unspecified atom stereocenters. The summed E-state index contributed by atoms with van der Waals surface area (Å²) >= 11 is 0. The number of aromatic hydroxyl groups is 1. The summed E-state index contributed by atoms with van der Waals surface area (Å²) in [4.78, 5) is 13.7. The molecule has 0 saturated carbocycles. The summed E-state index contributed by atoms with van der Waals surface area (Å²) in [6, 6.07) is 5.12. The van der Waals surface area contributed by atoms with Crippen LogP contribution in [0.5, 0.6) is 5.75 Å². The van der Waals surface area contributed by atoms with Crippen LogP contribution < -0.4 is 0 Å². The highest BCUT2D eigenvalue weighted by Gasteiger charge is 2.25. The Bertz CT molecular complexity index is 470. The Hall–Kier alpha value is -1.35. The van der Waals surface area contributed by atoms with Gasteiger partial charge in [-0.2, -0.15) is 0 Å². The third kappa shape index (κ3) is 3.57. The number of nitrogens with zero attached hydrogens (tertiary/aromatic N) is 1. The molecule has 1 fully saturated rings. The minimum absolute atomic E-state index is 0.0426. The maximum atomic E-state index is 11.4. The molecule has 3 heteroatoms. The first-order chi connectivity index (χ1) is 8.87. The average molecular weight is 261 g/mol. The Morgan fingerprint density at radius 1 is 1.32 bits per heavy atom. The molecule has 0 spiro atoms. The highest BCUT2D eigenvalue weighted by molar-refractivity contribution is 5.94. The van der Waals surface area contributed by atoms with Crippen molar-refractivity contribution in [2.24, 2.45) is 5.41 Å². The fraction of sp³-hybridized carbons (Fsp3) is 0.562. The molecule has 104 valence electrons. The van der Waals surface area contributed by atoms with Crippen LogP contribution in [0.15, 0.2) is 18.2 Å². The Kier molecular flexibility index (Phi) is 3.95. The number of phenols is 1. The third-order valence-electron chi connectivity index (χ3n) is 4.09. The van der Waals surface area contributed by atoms with Gasteiger partial charge in [-0.1, -0.05) is 13.8 Å². The van der Waals surface area contributed by atoms with Gasteiger partial charge in [0.2, 0.25) is 0 Å². The standard InChI is InChI=1S/C16H23NO2/c1-12(18)13-4-5-15(19)14(10-13)11-17-8-6-16(2,3)7-9-17/h4-5,10,19H,6-9,11H2,1-3H3. The smallest absolute Gasteiger partial charge is 0.159 e. The fourth-order valence-electron chi connectivity index (χ4n) is 2.49. The summed E-state index contributed by atoms with van der Waals surface area (Å²) in [6.07, 6.45) is 2.36. The van der Waals surface area contributed by atoms with Crippen molar-refractivity contribution in [2.75, 3.05) is 13.1 Å². The normalized spacial score (nSPS) is 19.3. The zero-order valence-corrected chi connectivity index (χ0v) is 12.1. The summed E-state index contributed by atoms with van der Waals surface area (Å²) < 4.78 is 0. The molecule has 19 heavy (non-hydrogen) atoms. The fourth-order valence-corrected chi connectivity index (χ4v) is 2.49. The van der Waals surface area contributed by atoms with Crippen LogP contribution in [0, 0.1) is 5.41 Å². The topological polar surface area (TPSA) is 40.5 Å². The summed E-state index contributed by atoms with van der Waals surface area (Å²) in [6.45, 7) is 8.99. The first kappa shape index (κ1) is 14.1. The Morgan fingerprint density at radius 3 is 2.53 bits per heavy atom. The molecule has 1 N–H and O–H groups in total. The van der Waals surface area contributed by atoms with Crippen molar-refractivity contribution in [3.8, 4) is 5.75 Å². The van der Waals surface area contributed by atoms with Gasteiger partial charge in [-0.05, 0) is 56.5 Å². The summed E-state index contributed by atoms with van der Waals surface area (Å²) in [5.41, 5.74) is 1.96. The van der Waals surface area contributed by atoms with Crippen LogP contribution in [0.4, 0.5) is 0 Å². The third-order valence-corrected chi connectivity index (χ3v) is 4.09. The zero-order chi connectivity index (χ0) is 14.0. The predicted octanol–water partition coefficient (Wildman–Crippen LogP) is 3.22. The molecule has 1 heterocycles. The maximum absolute atomic E-state index is 11.4. The van der Waals surface area contributed by atoms with Crippen LogP contribution in [0.2, 0.25) is 0 Å². The summed E-state index contributed by atoms with van der Waals surface area (Å²) in [5.74, 6) is 0.330. The van der Waals surface area contributed by atoms with E-state index in [0.717, 1.165) is 25.2 Å². The van der Waals surface area contributed by atoms with E-state index in [9.17, 15) is 9.90 Å². The van der Waals surface area contributed by atoms with E-state index in [1.165, 1.54) is 12.8 Å². The molecule has 1 aromatic carbocycles. The van der Waals surface area contributed by atoms with Gasteiger partial charge in [-0.15, -0.1) is 0 Å². The lowest BCUT2D eigenvalue weighted by Crippen LogP contribution is -2.36. The first-order valence-corrected chi connectivity index (χ1v) is 6.93. The van der Waals surface area contributed by atoms with Gasteiger partial charge in [0.1, 0.15) is 5.75 Å². The van der Waals surface area contributed by atoms with Crippen molar-refractivity contribution < 1.29 is 9.90 Å². The van der Waals surface area contributed by atoms with Gasteiger partial charge < -0.3 is 5.11 Å². The minimum atomic E-state index is 0.0426. The van der Waals surface area contributed by atoms with E-state index in [1.807, 2.05) is 6.07 Å². The minimum Gasteiger partial charge on any atom is -0.508 e. The number of benzene rings is 1. The van der Waals surface area contributed by atoms with Gasteiger partial charge in [0, 0.05) is 17.7 Å². The van der Waals surface area contributed by atoms with E-state index in [1.54, 1.807) is 19.1 Å². The lowest BCUT2D eigenvalue weighted by molar-refractivity contribution is 0.101. The second kappa shape index (κ2) is 5.33. The molecule has 0 atom stereocenters. The molecule has 3 nitrogen and oxygen atoms in total. The number of likely N-dealkylation sites (tertiary alicyclic amines) is 1. The molecular weight excluding hydrogens is 238 g/mol. The van der Waals surface area contributed by atoms with E-state index in [-0.39, 0.29) is 11.5 Å². The van der Waals surface area contributed by atoms with E-state index >= 15 is 0 Å². The highest BCUT2D eigenvalue weighted by Crippen LogP contribution is 2.31. The van der Waals surface area contributed by atoms with Gasteiger partial charge >= 0.3 is 0 Å². The van der Waals surface area contributed by atoms with Crippen LogP contribution in [-0.2, 0) is 6.54 Å². The molecule has 1 aromatic rings. The summed E-state index contributed by atoms with van der Waals surface area (Å²) in [7, 11) is 0. The van der Waals surface area contributed by atoms with Crippen molar-refractivity contribution in [3.63, 3.8) is 0 Å². The molecule has 2 rings (SSSR count). The van der Waals surface area contributed by atoms with E-state index in [2.05, 4.69) is 18.7 Å². The molecule has 1 aliphatic rings. The van der Waals surface area contributed by atoms with Crippen LogP contribution >= 0.6 is 0 Å². The van der Waals surface area contributed by atoms with Gasteiger partial charge in [-0.3, -0.25) is 9.69 Å². The van der Waals surface area contributed by atoms with E-state index in [0.29, 0.717) is 11.0 Å². The quantitative estimate of drug-likeness (QED) is 0.849. The monoisotopic (exact) mass is 261 g/mol. The van der Waals surface area contributed by atoms with Gasteiger partial charge in [-0.25, -0.2) is 0 Å². The highest BCUT2D eigenvalue weighted by atomic mass is 16.3. The van der Waals surface area contributed by atoms with E-state index < -0.39 is 0 Å². The number of hydrogen-bond acceptors (Lipinski definition) is 3. The lowest BCUT2D eigenvalue weighted by atomic mass is 9.82. The van der Waals surface area contributed by atoms with Gasteiger partial charge in [0.25, 0.3) is 0 Å². The Morgan fingerprint density at radius 2 is 1.95 bits per heavy atom. The SMILES string of the molecule is CC(=O)c1ccc(O)c(CN2CCC(C)(C)CC2)c1. The van der Waals surface area contributed by atoms with Crippen LogP contribution in [0.25, 0.3) is 0 Å². The van der Waals surface area contributed by atoms with Crippen LogP contribution in [0.1, 0.15) is 49.5 Å². The molecule has 0 aromatic heterocycles. The molecule has 0 radical (unpaired) electrons. The Labute approximate surface area is 115 Å². The second-order valence-electron chi connectivity index (χ2n) is 6.34. The van der Waals surface area contributed by atoms with Crippen LogP contribution in [0.3, 0.4) is 0 Å². The number of carbonyl (C=O) groups excluding carboxylic acids is 1. The number of rotatable bonds is 3. The predicted molar refractivity (Wildman–Crippen MR) is 76.4 cm³/mol. The molecule has 0 amide bonds. The summed E-state index contributed by atoms with van der Waals surface area (Å²) in [5, 5.41) is 9.91. The van der Waals surface area contributed by atoms with Crippen molar-refractivity contribution in [1.82, 2.24) is 4.90 Å². The molecular formula is C16H23NO2. The number of carbonyl (C=O) groups is 1. The van der Waals surface area contributed by atoms with Gasteiger partial charge in [0.05, 0.1) is 0 Å². The number of piperidine rings is 1. The van der Waals surface area contributed by atoms with Crippen molar-refractivity contribution in [3.05, 3.63) is 29.3 Å². The number of Topliss-reactive ketones (excluding diaryl/α,β-unsaturated/α-hetero) is 1. The van der Waals surface area contributed by atoms with Crippen molar-refractivity contribution >= 4 is 5.78 Å². The van der Waals surface area contributed by atoms with E-state index in [4.69, 9.17) is 0 Å². The number of hydrogen-bond donors (Lipinski definition) is 1. The first-order valence-electron chi connectivity index (χ1n) is 6.93. The molecule has 1 aliphatic heterocycles. The van der Waals surface area contributed by atoms with Crippen LogP contribution in [-0.4, -0.2) is 28.9 Å². The molecule has 1 saturated heterocycles.